The Hall–Kier alpha value is -3.13. The molecule has 0 spiro atoms. The van der Waals surface area contributed by atoms with Crippen LogP contribution in [-0.2, 0) is 24.3 Å². The first-order chi connectivity index (χ1) is 14.8. The van der Waals surface area contributed by atoms with Crippen LogP contribution in [0.1, 0.15) is 18.1 Å². The van der Waals surface area contributed by atoms with Gasteiger partial charge in [0.25, 0.3) is 0 Å². The molecule has 2 aromatic carbocycles. The maximum atomic E-state index is 6.00. The fourth-order valence-electron chi connectivity index (χ4n) is 3.71. The van der Waals surface area contributed by atoms with Crippen molar-refractivity contribution in [1.29, 1.82) is 0 Å². The standard InChI is InChI=1S/C22H28N6O2/c1-23-22(25-17-10-11-21-26-20(15-29-2)27-28(21)14-17)24-12-13-30-19-9-5-7-16-6-3-4-8-18(16)19/h3-9,17H,10-15H2,1-2H3,(H2,23,24,25). The number of nitrogens with zero attached hydrogens (tertiary/aromatic N) is 4. The van der Waals surface area contributed by atoms with Crippen LogP contribution < -0.4 is 15.4 Å². The van der Waals surface area contributed by atoms with Crippen LogP contribution in [0.25, 0.3) is 10.8 Å². The summed E-state index contributed by atoms with van der Waals surface area (Å²) in [5.41, 5.74) is 0. The van der Waals surface area contributed by atoms with Gasteiger partial charge in [-0.05, 0) is 17.9 Å². The van der Waals surface area contributed by atoms with E-state index in [1.165, 1.54) is 5.39 Å². The highest BCUT2D eigenvalue weighted by Crippen LogP contribution is 2.24. The van der Waals surface area contributed by atoms with Crippen molar-refractivity contribution in [2.24, 2.45) is 4.99 Å². The van der Waals surface area contributed by atoms with Crippen molar-refractivity contribution in [2.45, 2.75) is 32.0 Å². The Morgan fingerprint density at radius 1 is 1.23 bits per heavy atom. The van der Waals surface area contributed by atoms with E-state index in [9.17, 15) is 0 Å². The van der Waals surface area contributed by atoms with Gasteiger partial charge < -0.3 is 20.1 Å². The largest absolute Gasteiger partial charge is 0.491 e. The molecule has 1 unspecified atom stereocenters. The van der Waals surface area contributed by atoms with Crippen molar-refractivity contribution >= 4 is 16.7 Å². The van der Waals surface area contributed by atoms with E-state index in [2.05, 4.69) is 43.9 Å². The van der Waals surface area contributed by atoms with Crippen LogP contribution in [-0.4, -0.2) is 54.1 Å². The lowest BCUT2D eigenvalue weighted by Crippen LogP contribution is -2.47. The normalized spacial score (nSPS) is 16.3. The van der Waals surface area contributed by atoms with E-state index in [4.69, 9.17) is 9.47 Å². The average molecular weight is 409 g/mol. The zero-order valence-corrected chi connectivity index (χ0v) is 17.5. The molecule has 2 heterocycles. The van der Waals surface area contributed by atoms with E-state index in [-0.39, 0.29) is 6.04 Å². The van der Waals surface area contributed by atoms with Crippen LogP contribution in [0.15, 0.2) is 47.5 Å². The third-order valence-electron chi connectivity index (χ3n) is 5.14. The summed E-state index contributed by atoms with van der Waals surface area (Å²) in [7, 11) is 3.44. The predicted molar refractivity (Wildman–Crippen MR) is 117 cm³/mol. The van der Waals surface area contributed by atoms with Gasteiger partial charge in [-0.25, -0.2) is 9.67 Å². The summed E-state index contributed by atoms with van der Waals surface area (Å²) in [6.07, 6.45) is 1.87. The fourth-order valence-corrected chi connectivity index (χ4v) is 3.71. The topological polar surface area (TPSA) is 85.6 Å². The molecule has 0 radical (unpaired) electrons. The number of rotatable bonds is 7. The predicted octanol–water partition coefficient (Wildman–Crippen LogP) is 2.14. The number of ether oxygens (including phenoxy) is 2. The van der Waals surface area contributed by atoms with E-state index in [0.717, 1.165) is 48.1 Å². The van der Waals surface area contributed by atoms with Crippen LogP contribution in [0.3, 0.4) is 0 Å². The second-order valence-electron chi connectivity index (χ2n) is 7.26. The maximum Gasteiger partial charge on any atom is 0.191 e. The van der Waals surface area contributed by atoms with Crippen molar-refractivity contribution < 1.29 is 9.47 Å². The number of fused-ring (bicyclic) bond motifs is 2. The van der Waals surface area contributed by atoms with Gasteiger partial charge in [0.2, 0.25) is 0 Å². The van der Waals surface area contributed by atoms with E-state index < -0.39 is 0 Å². The van der Waals surface area contributed by atoms with Crippen LogP contribution >= 0.6 is 0 Å². The molecule has 1 atom stereocenters. The van der Waals surface area contributed by atoms with Crippen LogP contribution in [0.4, 0.5) is 0 Å². The highest BCUT2D eigenvalue weighted by Gasteiger charge is 2.22. The van der Waals surface area contributed by atoms with E-state index in [0.29, 0.717) is 19.8 Å². The van der Waals surface area contributed by atoms with Crippen LogP contribution in [0.5, 0.6) is 5.75 Å². The highest BCUT2D eigenvalue weighted by molar-refractivity contribution is 5.88. The van der Waals surface area contributed by atoms with Gasteiger partial charge in [0.05, 0.1) is 13.1 Å². The van der Waals surface area contributed by atoms with Crippen molar-refractivity contribution in [3.63, 3.8) is 0 Å². The molecule has 1 aliphatic rings. The molecule has 0 aliphatic carbocycles. The lowest BCUT2D eigenvalue weighted by atomic mass is 10.1. The van der Waals surface area contributed by atoms with Gasteiger partial charge in [-0.15, -0.1) is 0 Å². The van der Waals surface area contributed by atoms with Crippen LogP contribution in [0.2, 0.25) is 0 Å². The molecule has 158 valence electrons. The Morgan fingerprint density at radius 2 is 2.10 bits per heavy atom. The second kappa shape index (κ2) is 9.58. The summed E-state index contributed by atoms with van der Waals surface area (Å²) in [6, 6.07) is 14.6. The summed E-state index contributed by atoms with van der Waals surface area (Å²) >= 11 is 0. The molecule has 30 heavy (non-hydrogen) atoms. The maximum absolute atomic E-state index is 6.00. The summed E-state index contributed by atoms with van der Waals surface area (Å²) in [4.78, 5) is 8.86. The molecule has 8 nitrogen and oxygen atoms in total. The summed E-state index contributed by atoms with van der Waals surface area (Å²) in [6.45, 7) is 2.41. The zero-order chi connectivity index (χ0) is 20.8. The molecule has 2 N–H and O–H groups in total. The molecule has 4 rings (SSSR count). The first-order valence-electron chi connectivity index (χ1n) is 10.3. The number of aryl methyl sites for hydroxylation is 1. The number of methoxy groups -OCH3 is 1. The summed E-state index contributed by atoms with van der Waals surface area (Å²) < 4.78 is 13.1. The minimum Gasteiger partial charge on any atom is -0.491 e. The first kappa shape index (κ1) is 20.2. The van der Waals surface area contributed by atoms with Crippen molar-refractivity contribution in [3.8, 4) is 5.75 Å². The molecule has 3 aromatic rings. The van der Waals surface area contributed by atoms with Gasteiger partial charge in [-0.3, -0.25) is 4.99 Å². The number of nitrogens with one attached hydrogen (secondary N) is 2. The smallest absolute Gasteiger partial charge is 0.191 e. The number of aliphatic imine (C=N–C) groups is 1. The SMILES string of the molecule is CN=C(NCCOc1cccc2ccccc12)NC1CCc2nc(COC)nn2C1. The molecule has 0 saturated heterocycles. The van der Waals surface area contributed by atoms with Gasteiger partial charge in [0.15, 0.2) is 11.8 Å². The molecule has 1 aliphatic heterocycles. The monoisotopic (exact) mass is 408 g/mol. The number of hydrogen-bond donors (Lipinski definition) is 2. The van der Waals surface area contributed by atoms with E-state index in [1.807, 2.05) is 28.9 Å². The summed E-state index contributed by atoms with van der Waals surface area (Å²) in [5.74, 6) is 3.42. The van der Waals surface area contributed by atoms with Gasteiger partial charge in [-0.2, -0.15) is 5.10 Å². The molecule has 8 heteroatoms. The van der Waals surface area contributed by atoms with Crippen LogP contribution in [0, 0.1) is 0 Å². The third-order valence-corrected chi connectivity index (χ3v) is 5.14. The number of hydrogen-bond acceptors (Lipinski definition) is 5. The quantitative estimate of drug-likeness (QED) is 0.354. The Bertz CT molecular complexity index is 1010. The molecule has 0 saturated carbocycles. The molecular formula is C22H28N6O2. The Labute approximate surface area is 176 Å². The minimum atomic E-state index is 0.250. The van der Waals surface area contributed by atoms with E-state index >= 15 is 0 Å². The van der Waals surface area contributed by atoms with Gasteiger partial charge in [0.1, 0.15) is 24.8 Å². The lowest BCUT2D eigenvalue weighted by Gasteiger charge is -2.25. The Kier molecular flexibility index (Phi) is 6.44. The van der Waals surface area contributed by atoms with Crippen molar-refractivity contribution in [3.05, 3.63) is 54.1 Å². The van der Waals surface area contributed by atoms with Crippen molar-refractivity contribution in [2.75, 3.05) is 27.3 Å². The molecule has 0 amide bonds. The molecule has 1 aromatic heterocycles. The van der Waals surface area contributed by atoms with E-state index in [1.54, 1.807) is 14.2 Å². The second-order valence-corrected chi connectivity index (χ2v) is 7.26. The average Bonchev–Trinajstić information content (AvgIpc) is 3.18. The Morgan fingerprint density at radius 3 is 2.97 bits per heavy atom. The molecule has 0 fully saturated rings. The number of guanidine groups is 1. The zero-order valence-electron chi connectivity index (χ0n) is 17.5. The molecular weight excluding hydrogens is 380 g/mol. The fraction of sp³-hybridized carbons (Fsp3) is 0.409. The summed E-state index contributed by atoms with van der Waals surface area (Å²) in [5, 5.41) is 13.6. The minimum absolute atomic E-state index is 0.250. The first-order valence-corrected chi connectivity index (χ1v) is 10.3. The highest BCUT2D eigenvalue weighted by atomic mass is 16.5. The van der Waals surface area contributed by atoms with Crippen molar-refractivity contribution in [1.82, 2.24) is 25.4 Å². The lowest BCUT2D eigenvalue weighted by molar-refractivity contribution is 0.177. The third kappa shape index (κ3) is 4.71. The molecule has 0 bridgehead atoms. The number of benzene rings is 2. The Balaban J connectivity index is 1.26. The van der Waals surface area contributed by atoms with Gasteiger partial charge >= 0.3 is 0 Å². The number of aromatic nitrogens is 3. The van der Waals surface area contributed by atoms with Gasteiger partial charge in [0, 0.05) is 32.0 Å². The van der Waals surface area contributed by atoms with Gasteiger partial charge in [-0.1, -0.05) is 36.4 Å².